The Balaban J connectivity index is 1.72. The van der Waals surface area contributed by atoms with Gasteiger partial charge in [0.05, 0.1) is 26.1 Å². The Labute approximate surface area is 192 Å². The number of rotatable bonds is 7. The average molecular weight is 474 g/mol. The van der Waals surface area contributed by atoms with E-state index in [0.717, 1.165) is 17.7 Å². The lowest BCUT2D eigenvalue weighted by atomic mass is 10.1. The molecule has 0 spiro atoms. The van der Waals surface area contributed by atoms with Crippen molar-refractivity contribution in [3.05, 3.63) is 48.7 Å². The SMILES string of the molecule is CCn1cc(-c2cnc3c(c2)ncn3-c2cc(OC)c(C(=O)NCC(F)(F)F)c(OC)c2)cn1. The monoisotopic (exact) mass is 474 g/mol. The van der Waals surface area contributed by atoms with Crippen molar-refractivity contribution in [1.82, 2.24) is 29.6 Å². The summed E-state index contributed by atoms with van der Waals surface area (Å²) in [5.74, 6) is -0.887. The normalized spacial score (nSPS) is 11.6. The maximum atomic E-state index is 12.6. The summed E-state index contributed by atoms with van der Waals surface area (Å²) in [6, 6.07) is 4.89. The fraction of sp³-hybridized carbons (Fsp3) is 0.273. The van der Waals surface area contributed by atoms with Gasteiger partial charge in [-0.1, -0.05) is 0 Å². The highest BCUT2D eigenvalue weighted by Gasteiger charge is 2.30. The number of alkyl halides is 3. The van der Waals surface area contributed by atoms with E-state index in [1.807, 2.05) is 29.2 Å². The predicted octanol–water partition coefficient (Wildman–Crippen LogP) is 3.61. The van der Waals surface area contributed by atoms with Crippen LogP contribution in [0.15, 0.2) is 43.1 Å². The number of nitrogens with zero attached hydrogens (tertiary/aromatic N) is 5. The van der Waals surface area contributed by atoms with Crippen molar-refractivity contribution in [2.24, 2.45) is 0 Å². The second-order valence-corrected chi connectivity index (χ2v) is 7.29. The van der Waals surface area contributed by atoms with Gasteiger partial charge < -0.3 is 14.8 Å². The van der Waals surface area contributed by atoms with Crippen molar-refractivity contribution in [1.29, 1.82) is 0 Å². The topological polar surface area (TPSA) is 96.1 Å². The first-order valence-corrected chi connectivity index (χ1v) is 10.2. The minimum Gasteiger partial charge on any atom is -0.496 e. The molecule has 34 heavy (non-hydrogen) atoms. The first-order chi connectivity index (χ1) is 16.2. The Kier molecular flexibility index (Phi) is 6.14. The highest BCUT2D eigenvalue weighted by Crippen LogP contribution is 2.33. The lowest BCUT2D eigenvalue weighted by molar-refractivity contribution is -0.123. The van der Waals surface area contributed by atoms with Crippen molar-refractivity contribution in [3.8, 4) is 28.3 Å². The zero-order valence-corrected chi connectivity index (χ0v) is 18.6. The number of pyridine rings is 1. The van der Waals surface area contributed by atoms with E-state index in [9.17, 15) is 18.0 Å². The number of aromatic nitrogens is 5. The van der Waals surface area contributed by atoms with Crippen LogP contribution in [0.1, 0.15) is 17.3 Å². The third-order valence-electron chi connectivity index (χ3n) is 5.12. The number of benzene rings is 1. The van der Waals surface area contributed by atoms with E-state index >= 15 is 0 Å². The number of methoxy groups -OCH3 is 2. The number of fused-ring (bicyclic) bond motifs is 1. The molecule has 0 atom stereocenters. The van der Waals surface area contributed by atoms with Crippen LogP contribution in [-0.4, -0.2) is 57.2 Å². The smallest absolute Gasteiger partial charge is 0.405 e. The van der Waals surface area contributed by atoms with E-state index in [1.165, 1.54) is 26.4 Å². The summed E-state index contributed by atoms with van der Waals surface area (Å²) in [4.78, 5) is 21.4. The molecule has 0 saturated carbocycles. The number of halogens is 3. The van der Waals surface area contributed by atoms with Crippen LogP contribution >= 0.6 is 0 Å². The van der Waals surface area contributed by atoms with Crippen LogP contribution in [0.2, 0.25) is 0 Å². The van der Waals surface area contributed by atoms with Crippen LogP contribution in [0.5, 0.6) is 11.5 Å². The van der Waals surface area contributed by atoms with Crippen LogP contribution in [-0.2, 0) is 6.54 Å². The summed E-state index contributed by atoms with van der Waals surface area (Å²) in [6.45, 7) is 1.27. The molecule has 1 aromatic carbocycles. The average Bonchev–Trinajstić information content (AvgIpc) is 3.47. The van der Waals surface area contributed by atoms with Gasteiger partial charge in [-0.25, -0.2) is 9.97 Å². The lowest BCUT2D eigenvalue weighted by Gasteiger charge is -2.16. The third-order valence-corrected chi connectivity index (χ3v) is 5.12. The fourth-order valence-electron chi connectivity index (χ4n) is 3.46. The van der Waals surface area contributed by atoms with E-state index in [4.69, 9.17) is 9.47 Å². The molecular weight excluding hydrogens is 453 g/mol. The highest BCUT2D eigenvalue weighted by molar-refractivity contribution is 6.00. The molecule has 0 saturated heterocycles. The maximum absolute atomic E-state index is 12.6. The summed E-state index contributed by atoms with van der Waals surface area (Å²) < 4.78 is 51.7. The molecule has 0 bridgehead atoms. The summed E-state index contributed by atoms with van der Waals surface area (Å²) in [6.07, 6.45) is 2.37. The molecule has 4 aromatic rings. The maximum Gasteiger partial charge on any atom is 0.405 e. The molecule has 178 valence electrons. The Bertz CT molecular complexity index is 1320. The largest absolute Gasteiger partial charge is 0.496 e. The molecule has 12 heteroatoms. The predicted molar refractivity (Wildman–Crippen MR) is 117 cm³/mol. The number of imidazole rings is 1. The Morgan fingerprint density at radius 2 is 1.76 bits per heavy atom. The molecule has 0 aliphatic heterocycles. The third kappa shape index (κ3) is 4.51. The Morgan fingerprint density at radius 3 is 2.35 bits per heavy atom. The van der Waals surface area contributed by atoms with Crippen molar-refractivity contribution < 1.29 is 27.4 Å². The van der Waals surface area contributed by atoms with Gasteiger partial charge in [-0.2, -0.15) is 18.3 Å². The van der Waals surface area contributed by atoms with E-state index < -0.39 is 18.6 Å². The van der Waals surface area contributed by atoms with E-state index in [1.54, 1.807) is 23.3 Å². The molecule has 1 N–H and O–H groups in total. The molecule has 0 unspecified atom stereocenters. The van der Waals surface area contributed by atoms with E-state index in [-0.39, 0.29) is 17.1 Å². The van der Waals surface area contributed by atoms with Gasteiger partial charge in [-0.3, -0.25) is 14.0 Å². The molecule has 4 rings (SSSR count). The van der Waals surface area contributed by atoms with Crippen molar-refractivity contribution in [3.63, 3.8) is 0 Å². The molecule has 0 aliphatic carbocycles. The van der Waals surface area contributed by atoms with E-state index in [2.05, 4.69) is 15.1 Å². The summed E-state index contributed by atoms with van der Waals surface area (Å²) >= 11 is 0. The van der Waals surface area contributed by atoms with Gasteiger partial charge in [0.2, 0.25) is 0 Å². The second-order valence-electron chi connectivity index (χ2n) is 7.29. The number of nitrogens with one attached hydrogen (secondary N) is 1. The quantitative estimate of drug-likeness (QED) is 0.440. The molecule has 0 fully saturated rings. The molecule has 0 aliphatic rings. The fourth-order valence-corrected chi connectivity index (χ4v) is 3.46. The lowest BCUT2D eigenvalue weighted by Crippen LogP contribution is -2.34. The van der Waals surface area contributed by atoms with Gasteiger partial charge in [-0.15, -0.1) is 0 Å². The number of hydrogen-bond donors (Lipinski definition) is 1. The van der Waals surface area contributed by atoms with Crippen LogP contribution in [0.25, 0.3) is 28.0 Å². The van der Waals surface area contributed by atoms with Crippen LogP contribution < -0.4 is 14.8 Å². The standard InChI is InChI=1S/C22H21F3N6O3/c1-4-30-10-14(9-29-30)13-5-16-20(26-8-13)31(12-28-16)15-6-17(33-2)19(18(7-15)34-3)21(32)27-11-22(23,24)25/h5-10,12H,4,11H2,1-3H3,(H,27,32). The number of carbonyl (C=O) groups excluding carboxylic acids is 1. The number of aryl methyl sites for hydroxylation is 1. The highest BCUT2D eigenvalue weighted by atomic mass is 19.4. The molecular formula is C22H21F3N6O3. The van der Waals surface area contributed by atoms with Crippen molar-refractivity contribution in [2.45, 2.75) is 19.6 Å². The second kappa shape index (κ2) is 9.04. The molecule has 0 radical (unpaired) electrons. The first-order valence-electron chi connectivity index (χ1n) is 10.2. The molecule has 1 amide bonds. The van der Waals surface area contributed by atoms with Gasteiger partial charge in [0, 0.05) is 42.2 Å². The summed E-state index contributed by atoms with van der Waals surface area (Å²) in [7, 11) is 2.62. The van der Waals surface area contributed by atoms with Gasteiger partial charge in [0.15, 0.2) is 5.65 Å². The van der Waals surface area contributed by atoms with Crippen molar-refractivity contribution >= 4 is 17.1 Å². The number of carbonyl (C=O) groups is 1. The number of ether oxygens (including phenoxy) is 2. The number of hydrogen-bond acceptors (Lipinski definition) is 6. The zero-order chi connectivity index (χ0) is 24.5. The van der Waals surface area contributed by atoms with Crippen molar-refractivity contribution in [2.75, 3.05) is 20.8 Å². The summed E-state index contributed by atoms with van der Waals surface area (Å²) in [5, 5.41) is 6.11. The minimum absolute atomic E-state index is 0.0412. The van der Waals surface area contributed by atoms with Gasteiger partial charge in [0.1, 0.15) is 35.5 Å². The Hall–Kier alpha value is -4.09. The molecule has 9 nitrogen and oxygen atoms in total. The van der Waals surface area contributed by atoms with E-state index in [0.29, 0.717) is 16.9 Å². The van der Waals surface area contributed by atoms with Crippen LogP contribution in [0.3, 0.4) is 0 Å². The Morgan fingerprint density at radius 1 is 1.06 bits per heavy atom. The zero-order valence-electron chi connectivity index (χ0n) is 18.6. The van der Waals surface area contributed by atoms with Gasteiger partial charge in [-0.05, 0) is 13.0 Å². The van der Waals surface area contributed by atoms with Crippen LogP contribution in [0.4, 0.5) is 13.2 Å². The summed E-state index contributed by atoms with van der Waals surface area (Å²) in [5.41, 5.74) is 3.26. The molecule has 3 aromatic heterocycles. The van der Waals surface area contributed by atoms with Gasteiger partial charge >= 0.3 is 6.18 Å². The van der Waals surface area contributed by atoms with Gasteiger partial charge in [0.25, 0.3) is 5.91 Å². The van der Waals surface area contributed by atoms with Crippen LogP contribution in [0, 0.1) is 0 Å². The first kappa shape index (κ1) is 23.1. The molecule has 3 heterocycles. The number of amides is 1. The minimum atomic E-state index is -4.55.